The van der Waals surface area contributed by atoms with Crippen LogP contribution in [0.1, 0.15) is 31.4 Å². The van der Waals surface area contributed by atoms with Gasteiger partial charge in [0.05, 0.1) is 0 Å². The fourth-order valence-electron chi connectivity index (χ4n) is 1.88. The predicted octanol–water partition coefficient (Wildman–Crippen LogP) is 1.62. The number of rotatable bonds is 7. The number of methoxy groups -OCH3 is 1. The molecular formula is C14H22N2O2. The van der Waals surface area contributed by atoms with E-state index in [9.17, 15) is 4.79 Å². The van der Waals surface area contributed by atoms with Gasteiger partial charge >= 0.3 is 0 Å². The smallest absolute Gasteiger partial charge is 0.253 e. The van der Waals surface area contributed by atoms with Crippen molar-refractivity contribution in [2.24, 2.45) is 5.73 Å². The van der Waals surface area contributed by atoms with E-state index in [1.807, 2.05) is 37.3 Å². The van der Waals surface area contributed by atoms with E-state index >= 15 is 0 Å². The molecule has 1 aromatic rings. The first-order chi connectivity index (χ1) is 8.72. The number of benzene rings is 1. The summed E-state index contributed by atoms with van der Waals surface area (Å²) < 4.78 is 5.28. The molecule has 0 radical (unpaired) electrons. The average molecular weight is 250 g/mol. The number of hydrogen-bond acceptors (Lipinski definition) is 3. The molecule has 0 aliphatic carbocycles. The van der Waals surface area contributed by atoms with E-state index in [-0.39, 0.29) is 11.9 Å². The highest BCUT2D eigenvalue weighted by Crippen LogP contribution is 2.16. The lowest BCUT2D eigenvalue weighted by Gasteiger charge is -2.21. The van der Waals surface area contributed by atoms with Crippen LogP contribution in [0.15, 0.2) is 30.3 Å². The quantitative estimate of drug-likeness (QED) is 0.773. The Hall–Kier alpha value is -1.39. The maximum absolute atomic E-state index is 12.1. The molecule has 0 saturated carbocycles. The summed E-state index contributed by atoms with van der Waals surface area (Å²) in [5.41, 5.74) is 6.38. The Morgan fingerprint density at radius 3 is 2.56 bits per heavy atom. The van der Waals surface area contributed by atoms with Gasteiger partial charge in [0.25, 0.3) is 5.91 Å². The minimum Gasteiger partial charge on any atom is -0.367 e. The lowest BCUT2D eigenvalue weighted by molar-refractivity contribution is -0.132. The van der Waals surface area contributed by atoms with Gasteiger partial charge in [0.2, 0.25) is 0 Å². The molecule has 0 spiro atoms. The molecule has 2 unspecified atom stereocenters. The Kier molecular flexibility index (Phi) is 6.39. The zero-order valence-corrected chi connectivity index (χ0v) is 11.1. The summed E-state index contributed by atoms with van der Waals surface area (Å²) in [5, 5.41) is 2.97. The van der Waals surface area contributed by atoms with Crippen molar-refractivity contribution in [3.63, 3.8) is 0 Å². The molecule has 4 nitrogen and oxygen atoms in total. The van der Waals surface area contributed by atoms with Gasteiger partial charge in [-0.2, -0.15) is 0 Å². The summed E-state index contributed by atoms with van der Waals surface area (Å²) in [7, 11) is 1.54. The van der Waals surface area contributed by atoms with Gasteiger partial charge in [-0.1, -0.05) is 37.3 Å². The molecule has 18 heavy (non-hydrogen) atoms. The molecule has 0 bridgehead atoms. The maximum atomic E-state index is 12.1. The van der Waals surface area contributed by atoms with Gasteiger partial charge in [-0.05, 0) is 24.9 Å². The molecule has 0 aromatic heterocycles. The average Bonchev–Trinajstić information content (AvgIpc) is 2.40. The minimum absolute atomic E-state index is 0.107. The van der Waals surface area contributed by atoms with Crippen molar-refractivity contribution >= 4 is 5.91 Å². The summed E-state index contributed by atoms with van der Waals surface area (Å²) in [4.78, 5) is 12.1. The van der Waals surface area contributed by atoms with E-state index in [2.05, 4.69) is 5.32 Å². The van der Waals surface area contributed by atoms with Crippen LogP contribution in [-0.4, -0.2) is 25.6 Å². The second kappa shape index (κ2) is 7.84. The van der Waals surface area contributed by atoms with Crippen LogP contribution in [0.3, 0.4) is 0 Å². The summed E-state index contributed by atoms with van der Waals surface area (Å²) in [6.07, 6.45) is 1.10. The van der Waals surface area contributed by atoms with E-state index < -0.39 is 6.10 Å². The van der Waals surface area contributed by atoms with Gasteiger partial charge in [0, 0.05) is 13.2 Å². The molecule has 3 N–H and O–H groups in total. The zero-order chi connectivity index (χ0) is 13.4. The molecule has 0 aliphatic rings. The monoisotopic (exact) mass is 250 g/mol. The molecule has 100 valence electrons. The van der Waals surface area contributed by atoms with Crippen LogP contribution in [0.4, 0.5) is 0 Å². The Labute approximate surface area is 109 Å². The number of hydrogen-bond donors (Lipinski definition) is 2. The van der Waals surface area contributed by atoms with E-state index in [1.54, 1.807) is 7.11 Å². The number of carbonyl (C=O) groups is 1. The first-order valence-electron chi connectivity index (χ1n) is 6.31. The maximum Gasteiger partial charge on any atom is 0.253 e. The van der Waals surface area contributed by atoms with Crippen LogP contribution in [0.2, 0.25) is 0 Å². The second-order valence-corrected chi connectivity index (χ2v) is 4.22. The third kappa shape index (κ3) is 4.13. The van der Waals surface area contributed by atoms with Crippen molar-refractivity contribution in [3.8, 4) is 0 Å². The van der Waals surface area contributed by atoms with Gasteiger partial charge in [-0.3, -0.25) is 4.79 Å². The number of nitrogens with two attached hydrogens (primary N) is 1. The largest absolute Gasteiger partial charge is 0.367 e. The van der Waals surface area contributed by atoms with E-state index in [4.69, 9.17) is 10.5 Å². The summed E-state index contributed by atoms with van der Waals surface area (Å²) >= 11 is 0. The topological polar surface area (TPSA) is 64.3 Å². The molecule has 4 heteroatoms. The summed E-state index contributed by atoms with van der Waals surface area (Å²) in [6, 6.07) is 9.59. The fraction of sp³-hybridized carbons (Fsp3) is 0.500. The third-order valence-electron chi connectivity index (χ3n) is 2.93. The first kappa shape index (κ1) is 14.7. The van der Waals surface area contributed by atoms with Crippen molar-refractivity contribution in [2.75, 3.05) is 13.7 Å². The molecular weight excluding hydrogens is 228 g/mol. The van der Waals surface area contributed by atoms with Crippen LogP contribution in [0.5, 0.6) is 0 Å². The first-order valence-corrected chi connectivity index (χ1v) is 6.31. The second-order valence-electron chi connectivity index (χ2n) is 4.22. The Bertz CT molecular complexity index is 354. The molecule has 1 amide bonds. The Morgan fingerprint density at radius 2 is 2.06 bits per heavy atom. The number of ether oxygens (including phenoxy) is 1. The van der Waals surface area contributed by atoms with Crippen LogP contribution in [-0.2, 0) is 9.53 Å². The van der Waals surface area contributed by atoms with Crippen LogP contribution in [0, 0.1) is 0 Å². The highest BCUT2D eigenvalue weighted by atomic mass is 16.5. The molecule has 1 aromatic carbocycles. The zero-order valence-electron chi connectivity index (χ0n) is 11.1. The van der Waals surface area contributed by atoms with Crippen LogP contribution < -0.4 is 11.1 Å². The predicted molar refractivity (Wildman–Crippen MR) is 72.1 cm³/mol. The van der Waals surface area contributed by atoms with Gasteiger partial charge in [-0.25, -0.2) is 0 Å². The summed E-state index contributed by atoms with van der Waals surface area (Å²) in [6.45, 7) is 2.60. The van der Waals surface area contributed by atoms with Gasteiger partial charge in [0.15, 0.2) is 6.10 Å². The highest BCUT2D eigenvalue weighted by molar-refractivity contribution is 5.82. The highest BCUT2D eigenvalue weighted by Gasteiger charge is 2.21. The van der Waals surface area contributed by atoms with Crippen LogP contribution >= 0.6 is 0 Å². The van der Waals surface area contributed by atoms with E-state index in [0.29, 0.717) is 6.54 Å². The summed E-state index contributed by atoms with van der Waals surface area (Å²) in [5.74, 6) is -0.107. The number of amides is 1. The van der Waals surface area contributed by atoms with Gasteiger partial charge < -0.3 is 15.8 Å². The third-order valence-corrected chi connectivity index (χ3v) is 2.93. The molecule has 0 heterocycles. The molecule has 1 rings (SSSR count). The van der Waals surface area contributed by atoms with Crippen molar-refractivity contribution in [3.05, 3.63) is 35.9 Å². The standard InChI is InChI=1S/C14H22N2O2/c1-3-12(9-10-15)16-14(17)13(18-2)11-7-5-4-6-8-11/h4-8,12-13H,3,9-10,15H2,1-2H3,(H,16,17). The van der Waals surface area contributed by atoms with Crippen molar-refractivity contribution in [1.82, 2.24) is 5.32 Å². The fourth-order valence-corrected chi connectivity index (χ4v) is 1.88. The SMILES string of the molecule is CCC(CCN)NC(=O)C(OC)c1ccccc1. The molecule has 0 saturated heterocycles. The van der Waals surface area contributed by atoms with Gasteiger partial charge in [0.1, 0.15) is 0 Å². The number of nitrogens with one attached hydrogen (secondary N) is 1. The molecule has 2 atom stereocenters. The van der Waals surface area contributed by atoms with Crippen molar-refractivity contribution in [2.45, 2.75) is 31.9 Å². The lowest BCUT2D eigenvalue weighted by Crippen LogP contribution is -2.39. The normalized spacial score (nSPS) is 13.9. The van der Waals surface area contributed by atoms with Gasteiger partial charge in [-0.15, -0.1) is 0 Å². The van der Waals surface area contributed by atoms with Crippen LogP contribution in [0.25, 0.3) is 0 Å². The van der Waals surface area contributed by atoms with Crippen molar-refractivity contribution < 1.29 is 9.53 Å². The van der Waals surface area contributed by atoms with Crippen molar-refractivity contribution in [1.29, 1.82) is 0 Å². The van der Waals surface area contributed by atoms with E-state index in [0.717, 1.165) is 18.4 Å². The minimum atomic E-state index is -0.557. The Balaban J connectivity index is 2.68. The molecule has 0 fully saturated rings. The Morgan fingerprint density at radius 1 is 1.39 bits per heavy atom. The van der Waals surface area contributed by atoms with E-state index in [1.165, 1.54) is 0 Å². The molecule has 0 aliphatic heterocycles. The number of carbonyl (C=O) groups excluding carboxylic acids is 1. The lowest BCUT2D eigenvalue weighted by atomic mass is 10.1.